The highest BCUT2D eigenvalue weighted by Gasteiger charge is 2.48. The summed E-state index contributed by atoms with van der Waals surface area (Å²) in [5.41, 5.74) is 12.9. The van der Waals surface area contributed by atoms with Crippen molar-refractivity contribution in [3.63, 3.8) is 0 Å². The summed E-state index contributed by atoms with van der Waals surface area (Å²) >= 11 is 0. The van der Waals surface area contributed by atoms with Crippen molar-refractivity contribution in [1.82, 2.24) is 24.1 Å². The highest BCUT2D eigenvalue weighted by atomic mass is 15.2. The van der Waals surface area contributed by atoms with Gasteiger partial charge in [-0.25, -0.2) is 4.98 Å². The van der Waals surface area contributed by atoms with Crippen LogP contribution in [0, 0.1) is 5.92 Å². The molecule has 5 heteroatoms. The first-order valence-corrected chi connectivity index (χ1v) is 23.1. The zero-order valence-electron chi connectivity index (χ0n) is 37.7. The van der Waals surface area contributed by atoms with Crippen LogP contribution < -0.4 is 0 Å². The molecule has 9 aromatic carbocycles. The normalized spacial score (nSPS) is 15.4. The zero-order chi connectivity index (χ0) is 44.5. The topological polar surface area (TPSA) is 48.5 Å². The minimum atomic E-state index is 0.0638. The first-order valence-electron chi connectivity index (χ1n) is 23.1. The summed E-state index contributed by atoms with van der Waals surface area (Å²) in [6.07, 6.45) is 0. The lowest BCUT2D eigenvalue weighted by Crippen LogP contribution is -2.30. The molecule has 0 amide bonds. The standard InChI is InChI=1S/C61H47N5/c1-37-60(2,3)51-34-31-41(36-52(51)61(37,4)5)40-21-14-22-42(35-40)65-53-29-12-10-25-45(53)47-32-33-48-46-26-11-13-30-54(46)66(56(48)55(47)65)59-63-57(49-27-15-19-38-17-6-8-23-43(38)49)62-58(64-59)50-28-16-20-39-18-7-9-24-44(39)50/h6-37H,1-5H3. The van der Waals surface area contributed by atoms with Crippen molar-refractivity contribution in [1.29, 1.82) is 0 Å². The molecule has 0 fully saturated rings. The summed E-state index contributed by atoms with van der Waals surface area (Å²) in [7, 11) is 0. The van der Waals surface area contributed by atoms with Crippen molar-refractivity contribution < 1.29 is 0 Å². The smallest absolute Gasteiger partial charge is 0.238 e. The fraction of sp³-hybridized carbons (Fsp3) is 0.131. The predicted molar refractivity (Wildman–Crippen MR) is 275 cm³/mol. The molecule has 0 saturated heterocycles. The third kappa shape index (κ3) is 5.49. The van der Waals surface area contributed by atoms with Crippen molar-refractivity contribution >= 4 is 65.2 Å². The van der Waals surface area contributed by atoms with Crippen molar-refractivity contribution in [2.75, 3.05) is 0 Å². The fourth-order valence-corrected chi connectivity index (χ4v) is 11.5. The Morgan fingerprint density at radius 2 is 0.879 bits per heavy atom. The first kappa shape index (κ1) is 38.6. The van der Waals surface area contributed by atoms with Gasteiger partial charge in [0.2, 0.25) is 5.95 Å². The molecule has 12 aromatic rings. The van der Waals surface area contributed by atoms with Gasteiger partial charge in [-0.05, 0) is 84.8 Å². The Bertz CT molecular complexity index is 3870. The van der Waals surface area contributed by atoms with Gasteiger partial charge in [-0.1, -0.05) is 198 Å². The molecule has 0 saturated carbocycles. The highest BCUT2D eigenvalue weighted by Crippen LogP contribution is 2.54. The quantitative estimate of drug-likeness (QED) is 0.173. The van der Waals surface area contributed by atoms with Crippen LogP contribution in [0.4, 0.5) is 0 Å². The largest absolute Gasteiger partial charge is 0.307 e. The zero-order valence-corrected chi connectivity index (χ0v) is 37.7. The van der Waals surface area contributed by atoms with Gasteiger partial charge in [-0.15, -0.1) is 0 Å². The Labute approximate surface area is 383 Å². The Balaban J connectivity index is 1.12. The number of rotatable bonds is 5. The number of fused-ring (bicyclic) bond motifs is 10. The van der Waals surface area contributed by atoms with Crippen molar-refractivity contribution in [2.45, 2.75) is 45.4 Å². The highest BCUT2D eigenvalue weighted by molar-refractivity contribution is 6.23. The average Bonchev–Trinajstić information content (AvgIpc) is 3.92. The van der Waals surface area contributed by atoms with Crippen molar-refractivity contribution in [2.24, 2.45) is 5.92 Å². The van der Waals surface area contributed by atoms with Gasteiger partial charge < -0.3 is 4.57 Å². The number of aromatic nitrogens is 5. The molecule has 0 N–H and O–H groups in total. The third-order valence-electron chi connectivity index (χ3n) is 15.4. The molecule has 316 valence electrons. The number of nitrogens with zero attached hydrogens (tertiary/aromatic N) is 5. The van der Waals surface area contributed by atoms with Crippen LogP contribution in [0.5, 0.6) is 0 Å². The van der Waals surface area contributed by atoms with Gasteiger partial charge in [0.1, 0.15) is 0 Å². The van der Waals surface area contributed by atoms with Crippen LogP contribution in [0.1, 0.15) is 45.7 Å². The second-order valence-corrected chi connectivity index (χ2v) is 19.4. The van der Waals surface area contributed by atoms with E-state index in [2.05, 4.69) is 232 Å². The molecule has 1 aliphatic carbocycles. The number of benzene rings is 9. The molecule has 0 spiro atoms. The van der Waals surface area contributed by atoms with E-state index in [4.69, 9.17) is 15.0 Å². The molecule has 1 aliphatic rings. The van der Waals surface area contributed by atoms with Crippen LogP contribution in [-0.2, 0) is 10.8 Å². The maximum atomic E-state index is 5.51. The van der Waals surface area contributed by atoms with Gasteiger partial charge in [0.25, 0.3) is 0 Å². The summed E-state index contributed by atoms with van der Waals surface area (Å²) in [6, 6.07) is 68.1. The van der Waals surface area contributed by atoms with Gasteiger partial charge in [0, 0.05) is 38.4 Å². The molecular weight excluding hydrogens is 803 g/mol. The van der Waals surface area contributed by atoms with E-state index in [9.17, 15) is 0 Å². The second kappa shape index (κ2) is 14.1. The molecule has 1 atom stereocenters. The minimum absolute atomic E-state index is 0.0638. The Hall–Kier alpha value is -7.89. The molecule has 1 unspecified atom stereocenters. The summed E-state index contributed by atoms with van der Waals surface area (Å²) < 4.78 is 4.76. The summed E-state index contributed by atoms with van der Waals surface area (Å²) in [5, 5.41) is 9.08. The van der Waals surface area contributed by atoms with Crippen LogP contribution in [0.15, 0.2) is 188 Å². The SMILES string of the molecule is CC1C(C)(C)c2ccc(-c3cccc(-n4c5ccccc5c5ccc6c7ccccc7n(-c7nc(-c8cccc9ccccc89)nc(-c8cccc9ccccc89)n7)c6c54)c3)cc2C1(C)C. The molecule has 0 radical (unpaired) electrons. The van der Waals surface area contributed by atoms with Crippen molar-refractivity contribution in [3.05, 3.63) is 199 Å². The monoisotopic (exact) mass is 849 g/mol. The van der Waals surface area contributed by atoms with Gasteiger partial charge >= 0.3 is 0 Å². The molecule has 3 heterocycles. The Morgan fingerprint density at radius 1 is 0.394 bits per heavy atom. The molecule has 3 aromatic heterocycles. The molecule has 0 bridgehead atoms. The lowest BCUT2D eigenvalue weighted by Gasteiger charge is -2.32. The maximum Gasteiger partial charge on any atom is 0.238 e. The predicted octanol–water partition coefficient (Wildman–Crippen LogP) is 15.6. The average molecular weight is 850 g/mol. The van der Waals surface area contributed by atoms with Crippen molar-refractivity contribution in [3.8, 4) is 45.5 Å². The van der Waals surface area contributed by atoms with E-state index in [1.807, 2.05) is 0 Å². The second-order valence-electron chi connectivity index (χ2n) is 19.4. The van der Waals surface area contributed by atoms with E-state index in [0.29, 0.717) is 23.5 Å². The molecule has 0 aliphatic heterocycles. The van der Waals surface area contributed by atoms with E-state index in [-0.39, 0.29) is 10.8 Å². The van der Waals surface area contributed by atoms with Gasteiger partial charge in [0.05, 0.1) is 22.1 Å². The van der Waals surface area contributed by atoms with Crippen LogP contribution in [0.2, 0.25) is 0 Å². The van der Waals surface area contributed by atoms with E-state index in [0.717, 1.165) is 71.2 Å². The Kier molecular flexibility index (Phi) is 8.21. The van der Waals surface area contributed by atoms with E-state index < -0.39 is 0 Å². The van der Waals surface area contributed by atoms with Gasteiger partial charge in [-0.3, -0.25) is 4.57 Å². The minimum Gasteiger partial charge on any atom is -0.307 e. The summed E-state index contributed by atoms with van der Waals surface area (Å²) in [6.45, 7) is 12.0. The number of hydrogen-bond acceptors (Lipinski definition) is 3. The molecule has 13 rings (SSSR count). The number of hydrogen-bond donors (Lipinski definition) is 0. The van der Waals surface area contributed by atoms with Crippen LogP contribution in [-0.4, -0.2) is 24.1 Å². The number of para-hydroxylation sites is 2. The molecule has 5 nitrogen and oxygen atoms in total. The van der Waals surface area contributed by atoms with Crippen LogP contribution in [0.25, 0.3) is 111 Å². The van der Waals surface area contributed by atoms with E-state index in [1.54, 1.807) is 0 Å². The van der Waals surface area contributed by atoms with Gasteiger partial charge in [0.15, 0.2) is 11.6 Å². The summed E-state index contributed by atoms with van der Waals surface area (Å²) in [4.78, 5) is 16.4. The fourth-order valence-electron chi connectivity index (χ4n) is 11.5. The lowest BCUT2D eigenvalue weighted by atomic mass is 9.71. The molecular formula is C61H47N5. The summed E-state index contributed by atoms with van der Waals surface area (Å²) in [5.74, 6) is 2.34. The van der Waals surface area contributed by atoms with Crippen LogP contribution >= 0.6 is 0 Å². The molecule has 66 heavy (non-hydrogen) atoms. The Morgan fingerprint density at radius 3 is 1.50 bits per heavy atom. The van der Waals surface area contributed by atoms with Crippen LogP contribution in [0.3, 0.4) is 0 Å². The van der Waals surface area contributed by atoms with E-state index in [1.165, 1.54) is 33.0 Å². The first-order chi connectivity index (χ1) is 32.2. The maximum absolute atomic E-state index is 5.51. The van der Waals surface area contributed by atoms with Gasteiger partial charge in [-0.2, -0.15) is 9.97 Å². The lowest BCUT2D eigenvalue weighted by molar-refractivity contribution is 0.264. The third-order valence-corrected chi connectivity index (χ3v) is 15.4. The van der Waals surface area contributed by atoms with E-state index >= 15 is 0 Å².